The number of hydrogen-bond donors (Lipinski definition) is 0. The zero-order chi connectivity index (χ0) is 26.6. The van der Waals surface area contributed by atoms with Crippen molar-refractivity contribution in [3.05, 3.63) is 53.1 Å². The van der Waals surface area contributed by atoms with Crippen molar-refractivity contribution >= 4 is 21.6 Å². The van der Waals surface area contributed by atoms with Gasteiger partial charge in [-0.05, 0) is 56.9 Å². The van der Waals surface area contributed by atoms with Gasteiger partial charge in [0.05, 0.1) is 18.6 Å². The molecule has 2 aromatic carbocycles. The molecule has 202 valence electrons. The molecule has 2 heterocycles. The van der Waals surface area contributed by atoms with Crippen molar-refractivity contribution < 1.29 is 22.7 Å². The summed E-state index contributed by atoms with van der Waals surface area (Å²) in [6.45, 7) is 9.07. The van der Waals surface area contributed by atoms with Gasteiger partial charge < -0.3 is 19.3 Å². The summed E-state index contributed by atoms with van der Waals surface area (Å²) in [5, 5.41) is 0. The van der Waals surface area contributed by atoms with Gasteiger partial charge in [-0.25, -0.2) is 8.42 Å². The van der Waals surface area contributed by atoms with E-state index in [9.17, 15) is 13.2 Å². The van der Waals surface area contributed by atoms with E-state index in [1.807, 2.05) is 62.1 Å². The van der Waals surface area contributed by atoms with E-state index in [1.165, 1.54) is 0 Å². The molecule has 1 unspecified atom stereocenters. The molecule has 0 aliphatic carbocycles. The molecule has 1 amide bonds. The minimum atomic E-state index is -3.65. The number of carbonyl (C=O) groups excluding carboxylic acids is 1. The molecule has 37 heavy (non-hydrogen) atoms. The molecule has 0 N–H and O–H groups in total. The Morgan fingerprint density at radius 1 is 0.973 bits per heavy atom. The van der Waals surface area contributed by atoms with Gasteiger partial charge in [-0.15, -0.1) is 0 Å². The number of rotatable bonds is 8. The van der Waals surface area contributed by atoms with Gasteiger partial charge in [-0.2, -0.15) is 4.31 Å². The number of nitrogens with zero attached hydrogens (tertiary/aromatic N) is 3. The van der Waals surface area contributed by atoms with Crippen LogP contribution in [-0.4, -0.2) is 82.6 Å². The average molecular weight is 530 g/mol. The Bertz CT molecular complexity index is 1190. The Hall–Kier alpha value is -2.62. The molecule has 4 rings (SSSR count). The van der Waals surface area contributed by atoms with Crippen molar-refractivity contribution in [2.24, 2.45) is 0 Å². The van der Waals surface area contributed by atoms with Crippen LogP contribution in [0.3, 0.4) is 0 Å². The summed E-state index contributed by atoms with van der Waals surface area (Å²) in [5.74, 6) is 0.761. The van der Waals surface area contributed by atoms with E-state index in [2.05, 4.69) is 4.90 Å². The van der Waals surface area contributed by atoms with Gasteiger partial charge in [0.2, 0.25) is 15.9 Å². The number of hydrogen-bond acceptors (Lipinski definition) is 6. The maximum absolute atomic E-state index is 13.7. The number of amides is 1. The van der Waals surface area contributed by atoms with E-state index >= 15 is 0 Å². The maximum Gasteiger partial charge on any atom is 0.248 e. The highest BCUT2D eigenvalue weighted by Crippen LogP contribution is 2.30. The molecule has 9 heteroatoms. The lowest BCUT2D eigenvalue weighted by Crippen LogP contribution is -2.50. The summed E-state index contributed by atoms with van der Waals surface area (Å²) < 4.78 is 40.1. The molecule has 2 aliphatic rings. The quantitative estimate of drug-likeness (QED) is 0.521. The summed E-state index contributed by atoms with van der Waals surface area (Å²) in [7, 11) is -2.00. The van der Waals surface area contributed by atoms with Crippen molar-refractivity contribution in [1.29, 1.82) is 0 Å². The summed E-state index contributed by atoms with van der Waals surface area (Å²) >= 11 is 0. The van der Waals surface area contributed by atoms with Crippen LogP contribution in [0.1, 0.15) is 36.0 Å². The minimum Gasteiger partial charge on any atom is -0.497 e. The van der Waals surface area contributed by atoms with Crippen molar-refractivity contribution in [3.63, 3.8) is 0 Å². The Kier molecular flexibility index (Phi) is 8.77. The van der Waals surface area contributed by atoms with Crippen molar-refractivity contribution in [2.45, 2.75) is 51.0 Å². The van der Waals surface area contributed by atoms with Gasteiger partial charge in [0, 0.05) is 50.5 Å². The van der Waals surface area contributed by atoms with Crippen molar-refractivity contribution in [1.82, 2.24) is 9.21 Å². The van der Waals surface area contributed by atoms with E-state index in [0.717, 1.165) is 60.5 Å². The molecule has 0 radical (unpaired) electrons. The third-order valence-corrected chi connectivity index (χ3v) is 9.59. The molecule has 0 spiro atoms. The summed E-state index contributed by atoms with van der Waals surface area (Å²) in [5.41, 5.74) is 3.67. The number of ether oxygens (including phenoxy) is 2. The third-order valence-electron chi connectivity index (χ3n) is 7.33. The second kappa shape index (κ2) is 11.8. The van der Waals surface area contributed by atoms with Crippen LogP contribution in [0.4, 0.5) is 5.69 Å². The highest BCUT2D eigenvalue weighted by atomic mass is 32.2. The first-order valence-electron chi connectivity index (χ1n) is 13.0. The Labute approximate surface area is 221 Å². The van der Waals surface area contributed by atoms with Crippen LogP contribution in [0.5, 0.6) is 5.75 Å². The highest BCUT2D eigenvalue weighted by Gasteiger charge is 2.35. The predicted molar refractivity (Wildman–Crippen MR) is 145 cm³/mol. The molecule has 2 saturated heterocycles. The second-order valence-corrected chi connectivity index (χ2v) is 11.9. The topological polar surface area (TPSA) is 79.4 Å². The number of anilines is 1. The summed E-state index contributed by atoms with van der Waals surface area (Å²) in [6.07, 6.45) is 2.51. The zero-order valence-corrected chi connectivity index (χ0v) is 23.2. The van der Waals surface area contributed by atoms with Crippen molar-refractivity contribution in [2.75, 3.05) is 57.9 Å². The normalized spacial score (nSPS) is 19.2. The zero-order valence-electron chi connectivity index (χ0n) is 22.4. The number of piperazine rings is 1. The molecule has 0 bridgehead atoms. The standard InChI is InChI=1S/C28H39N3O5S/c1-21-16-22(2)28(23(3)17-21)37(33,34)31-11-6-5-8-25(31)19-36-20-27(32)30-14-12-29(13-15-30)24-9-7-10-26(18-24)35-4/h7,9-10,16-18,25H,5-6,8,11-15,19-20H2,1-4H3. The lowest BCUT2D eigenvalue weighted by molar-refractivity contribution is -0.137. The number of methoxy groups -OCH3 is 1. The van der Waals surface area contributed by atoms with E-state index < -0.39 is 10.0 Å². The smallest absolute Gasteiger partial charge is 0.248 e. The Morgan fingerprint density at radius 3 is 2.35 bits per heavy atom. The molecule has 2 aromatic rings. The molecule has 2 fully saturated rings. The van der Waals surface area contributed by atoms with E-state index in [4.69, 9.17) is 9.47 Å². The predicted octanol–water partition coefficient (Wildman–Crippen LogP) is 3.53. The molecule has 1 atom stereocenters. The lowest BCUT2D eigenvalue weighted by atomic mass is 10.1. The first-order chi connectivity index (χ1) is 17.7. The molecular weight excluding hydrogens is 490 g/mol. The molecule has 2 aliphatic heterocycles. The van der Waals surface area contributed by atoms with Crippen LogP contribution in [0, 0.1) is 20.8 Å². The van der Waals surface area contributed by atoms with Gasteiger partial charge in [-0.1, -0.05) is 30.2 Å². The van der Waals surface area contributed by atoms with E-state index in [1.54, 1.807) is 11.4 Å². The van der Waals surface area contributed by atoms with Gasteiger partial charge in [0.15, 0.2) is 0 Å². The van der Waals surface area contributed by atoms with Gasteiger partial charge in [-0.3, -0.25) is 4.79 Å². The number of piperidine rings is 1. The number of sulfonamides is 1. The minimum absolute atomic E-state index is 0.0356. The van der Waals surface area contributed by atoms with E-state index in [0.29, 0.717) is 24.5 Å². The van der Waals surface area contributed by atoms with Crippen LogP contribution in [-0.2, 0) is 19.6 Å². The van der Waals surface area contributed by atoms with E-state index in [-0.39, 0.29) is 25.2 Å². The Morgan fingerprint density at radius 2 is 1.68 bits per heavy atom. The average Bonchev–Trinajstić information content (AvgIpc) is 2.88. The van der Waals surface area contributed by atoms with Gasteiger partial charge in [0.25, 0.3) is 0 Å². The second-order valence-electron chi connectivity index (χ2n) is 10.1. The number of carbonyl (C=O) groups is 1. The third kappa shape index (κ3) is 6.27. The van der Waals surface area contributed by atoms with Crippen LogP contribution >= 0.6 is 0 Å². The molecule has 8 nitrogen and oxygen atoms in total. The van der Waals surface area contributed by atoms with Crippen molar-refractivity contribution in [3.8, 4) is 5.75 Å². The molecule has 0 saturated carbocycles. The maximum atomic E-state index is 13.7. The summed E-state index contributed by atoms with van der Waals surface area (Å²) in [4.78, 5) is 17.3. The van der Waals surface area contributed by atoms with Gasteiger partial charge >= 0.3 is 0 Å². The fourth-order valence-electron chi connectivity index (χ4n) is 5.54. The van der Waals surface area contributed by atoms with Gasteiger partial charge in [0.1, 0.15) is 12.4 Å². The molecule has 0 aromatic heterocycles. The highest BCUT2D eigenvalue weighted by molar-refractivity contribution is 7.89. The lowest BCUT2D eigenvalue weighted by Gasteiger charge is -2.37. The molecular formula is C28H39N3O5S. The van der Waals surface area contributed by atoms with Crippen LogP contribution < -0.4 is 9.64 Å². The summed E-state index contributed by atoms with van der Waals surface area (Å²) in [6, 6.07) is 11.5. The number of aryl methyl sites for hydroxylation is 3. The largest absolute Gasteiger partial charge is 0.497 e. The fraction of sp³-hybridized carbons (Fsp3) is 0.536. The first kappa shape index (κ1) is 27.4. The fourth-order valence-corrected chi connectivity index (χ4v) is 7.64. The van der Waals surface area contributed by atoms with Crippen LogP contribution in [0.25, 0.3) is 0 Å². The first-order valence-corrected chi connectivity index (χ1v) is 14.5. The number of benzene rings is 2. The van der Waals surface area contributed by atoms with Crippen LogP contribution in [0.2, 0.25) is 0 Å². The van der Waals surface area contributed by atoms with Crippen LogP contribution in [0.15, 0.2) is 41.3 Å². The Balaban J connectivity index is 1.32. The monoisotopic (exact) mass is 529 g/mol. The SMILES string of the molecule is COc1cccc(N2CCN(C(=O)COCC3CCCCN3S(=O)(=O)c3c(C)cc(C)cc3C)CC2)c1.